The second kappa shape index (κ2) is 38.0. The molecule has 25 heteroatoms. The van der Waals surface area contributed by atoms with Gasteiger partial charge < -0.3 is 72.3 Å². The van der Waals surface area contributed by atoms with Gasteiger partial charge in [0.2, 0.25) is 41.4 Å². The molecule has 4 aromatic rings. The molecular weight excluding hydrogens is 1160 g/mol. The van der Waals surface area contributed by atoms with Crippen LogP contribution in [0.4, 0.5) is 9.59 Å². The van der Waals surface area contributed by atoms with E-state index in [1.165, 1.54) is 12.1 Å². The van der Waals surface area contributed by atoms with E-state index in [1.54, 1.807) is 139 Å². The highest BCUT2D eigenvalue weighted by Gasteiger charge is 2.33. The lowest BCUT2D eigenvalue weighted by Gasteiger charge is -2.26. The van der Waals surface area contributed by atoms with Crippen LogP contribution in [0.1, 0.15) is 128 Å². The smallest absolute Gasteiger partial charge is 0.408 e. The number of carbonyl (C=O) groups is 11. The lowest BCUT2D eigenvalue weighted by Crippen LogP contribution is -2.57. The molecule has 0 radical (unpaired) electrons. The highest BCUT2D eigenvalue weighted by molar-refractivity contribution is 5.96. The van der Waals surface area contributed by atoms with Crippen LogP contribution in [-0.2, 0) is 88.2 Å². The Hall–Kier alpha value is -9.55. The molecule has 0 heterocycles. The third kappa shape index (κ3) is 30.9. The van der Waals surface area contributed by atoms with Gasteiger partial charge >= 0.3 is 24.1 Å². The number of ether oxygens (including phenoxy) is 4. The monoisotopic (exact) mass is 1250 g/mol. The second-order valence-electron chi connectivity index (χ2n) is 23.3. The first-order valence-electron chi connectivity index (χ1n) is 29.9. The molecule has 5 atom stereocenters. The molecule has 0 spiro atoms. The van der Waals surface area contributed by atoms with Crippen LogP contribution >= 0.6 is 0 Å². The Bertz CT molecular complexity index is 2980. The first kappa shape index (κ1) is 72.9. The van der Waals surface area contributed by atoms with Gasteiger partial charge in [-0.3, -0.25) is 43.2 Å². The fourth-order valence-electron chi connectivity index (χ4n) is 8.68. The molecule has 4 aromatic carbocycles. The van der Waals surface area contributed by atoms with E-state index in [1.807, 2.05) is 6.07 Å². The number of amides is 9. The van der Waals surface area contributed by atoms with Crippen molar-refractivity contribution in [2.24, 2.45) is 5.73 Å². The van der Waals surface area contributed by atoms with Gasteiger partial charge in [-0.15, -0.1) is 0 Å². The minimum absolute atomic E-state index is 0.00311. The lowest BCUT2D eigenvalue weighted by molar-refractivity contribution is -0.156. The number of rotatable bonds is 36. The maximum absolute atomic E-state index is 14.0. The number of primary amides is 1. The Balaban J connectivity index is 1.29. The number of phenols is 1. The lowest BCUT2D eigenvalue weighted by atomic mass is 10.0. The number of hydrogen-bond acceptors (Lipinski definition) is 16. The van der Waals surface area contributed by atoms with E-state index < -0.39 is 108 Å². The standard InChI is InChI=1S/C65H87N9O16/c1-64(2,3)89-55(78)39-52(61(84)71-50(57(66)80)37-43-21-10-7-11-22-43)72-59(82)49(73-62(85)88-42-46-25-14-9-15-26-46)28-17-19-36-68-54(77)30-20-29-53(76)67-35-18-16-27-48(58(81)69-40-56(79)87-41-45-23-12-8-13-24-45)70-60(83)51(74-63(86)90-65(4,5)6)38-44-31-33-47(75)34-32-44/h7-15,21-26,31-34,48-52,75H,16-20,27-30,35-42H2,1-6H3,(H2,66,80)(H,67,76)(H,68,77)(H,69,81)(H,70,83)(H,71,84)(H,72,82)(H,73,85)(H,74,86)/t48-,49-,50-,51-,52-/m0/s1. The van der Waals surface area contributed by atoms with Crippen molar-refractivity contribution in [2.45, 2.75) is 173 Å². The van der Waals surface area contributed by atoms with Crippen molar-refractivity contribution < 1.29 is 76.8 Å². The van der Waals surface area contributed by atoms with E-state index in [-0.39, 0.29) is 95.2 Å². The summed E-state index contributed by atoms with van der Waals surface area (Å²) in [6, 6.07) is 25.9. The Kier molecular flexibility index (Phi) is 30.8. The summed E-state index contributed by atoms with van der Waals surface area (Å²) < 4.78 is 21.5. The minimum Gasteiger partial charge on any atom is -0.508 e. The Morgan fingerprint density at radius 2 is 0.867 bits per heavy atom. The molecule has 0 bridgehead atoms. The summed E-state index contributed by atoms with van der Waals surface area (Å²) in [7, 11) is 0. The topological polar surface area (TPSA) is 367 Å². The average Bonchev–Trinajstić information content (AvgIpc) is 1.45. The number of aromatic hydroxyl groups is 1. The first-order chi connectivity index (χ1) is 42.7. The predicted molar refractivity (Wildman–Crippen MR) is 331 cm³/mol. The maximum Gasteiger partial charge on any atom is 0.408 e. The zero-order valence-corrected chi connectivity index (χ0v) is 52.0. The molecule has 0 fully saturated rings. The number of hydrogen-bond donors (Lipinski definition) is 10. The van der Waals surface area contributed by atoms with Gasteiger partial charge in [0.15, 0.2) is 0 Å². The van der Waals surface area contributed by atoms with Crippen LogP contribution in [0, 0.1) is 0 Å². The van der Waals surface area contributed by atoms with Crippen molar-refractivity contribution in [3.63, 3.8) is 0 Å². The molecule has 0 saturated heterocycles. The quantitative estimate of drug-likeness (QED) is 0.0168. The van der Waals surface area contributed by atoms with Gasteiger partial charge in [0.1, 0.15) is 66.9 Å². The third-order valence-corrected chi connectivity index (χ3v) is 13.1. The molecule has 90 heavy (non-hydrogen) atoms. The molecule has 4 rings (SSSR count). The van der Waals surface area contributed by atoms with Crippen LogP contribution in [0.25, 0.3) is 0 Å². The molecule has 488 valence electrons. The van der Waals surface area contributed by atoms with Crippen LogP contribution in [0.15, 0.2) is 115 Å². The summed E-state index contributed by atoms with van der Waals surface area (Å²) in [6.45, 7) is 9.55. The molecule has 0 aromatic heterocycles. The van der Waals surface area contributed by atoms with E-state index in [0.29, 0.717) is 36.0 Å². The Labute approximate surface area is 524 Å². The van der Waals surface area contributed by atoms with Crippen LogP contribution in [0.3, 0.4) is 0 Å². The van der Waals surface area contributed by atoms with E-state index in [0.717, 1.165) is 5.56 Å². The number of benzene rings is 4. The first-order valence-corrected chi connectivity index (χ1v) is 29.9. The van der Waals surface area contributed by atoms with Gasteiger partial charge in [0, 0.05) is 38.8 Å². The largest absolute Gasteiger partial charge is 0.508 e. The molecular formula is C65H87N9O16. The van der Waals surface area contributed by atoms with Crippen LogP contribution < -0.4 is 48.3 Å². The van der Waals surface area contributed by atoms with Crippen molar-refractivity contribution in [3.8, 4) is 5.75 Å². The number of nitrogens with one attached hydrogen (secondary N) is 8. The fourth-order valence-corrected chi connectivity index (χ4v) is 8.68. The number of esters is 2. The Morgan fingerprint density at radius 1 is 0.433 bits per heavy atom. The average molecular weight is 1250 g/mol. The number of unbranched alkanes of at least 4 members (excludes halogenated alkanes) is 2. The van der Waals surface area contributed by atoms with Crippen LogP contribution in [0.5, 0.6) is 5.75 Å². The molecule has 0 unspecified atom stereocenters. The number of carbonyl (C=O) groups excluding carboxylic acids is 11. The van der Waals surface area contributed by atoms with E-state index in [2.05, 4.69) is 42.5 Å². The van der Waals surface area contributed by atoms with Gasteiger partial charge in [-0.25, -0.2) is 9.59 Å². The SMILES string of the molecule is CC(C)(C)OC(=O)C[C@H](NC(=O)[C@H](CCCCNC(=O)CCCC(=O)NCCCC[C@H](NC(=O)[C@H](Cc1ccc(O)cc1)NC(=O)OC(C)(C)C)C(=O)NCC(=O)OCc1ccccc1)NC(=O)OCc1ccccc1)C(=O)N[C@@H](Cc1ccccc1)C(N)=O. The summed E-state index contributed by atoms with van der Waals surface area (Å²) in [6.07, 6.45) is -0.971. The van der Waals surface area contributed by atoms with Crippen molar-refractivity contribution in [3.05, 3.63) is 138 Å². The van der Waals surface area contributed by atoms with Crippen molar-refractivity contribution in [2.75, 3.05) is 19.6 Å². The summed E-state index contributed by atoms with van der Waals surface area (Å²) in [5, 5.41) is 30.8. The van der Waals surface area contributed by atoms with Gasteiger partial charge in [-0.2, -0.15) is 0 Å². The van der Waals surface area contributed by atoms with E-state index >= 15 is 0 Å². The van der Waals surface area contributed by atoms with Gasteiger partial charge in [-0.05, 0) is 121 Å². The van der Waals surface area contributed by atoms with Crippen LogP contribution in [-0.4, -0.2) is 132 Å². The Morgan fingerprint density at radius 3 is 1.39 bits per heavy atom. The molecule has 9 amide bonds. The summed E-state index contributed by atoms with van der Waals surface area (Å²) >= 11 is 0. The number of alkyl carbamates (subject to hydrolysis) is 2. The zero-order valence-electron chi connectivity index (χ0n) is 52.0. The minimum atomic E-state index is -1.58. The summed E-state index contributed by atoms with van der Waals surface area (Å²) in [5.74, 6) is -6.30. The van der Waals surface area contributed by atoms with Crippen molar-refractivity contribution in [1.29, 1.82) is 0 Å². The van der Waals surface area contributed by atoms with Crippen LogP contribution in [0.2, 0.25) is 0 Å². The summed E-state index contributed by atoms with van der Waals surface area (Å²) in [5.41, 5.74) is 6.49. The van der Waals surface area contributed by atoms with E-state index in [4.69, 9.17) is 24.7 Å². The van der Waals surface area contributed by atoms with Gasteiger partial charge in [0.05, 0.1) is 6.42 Å². The van der Waals surface area contributed by atoms with Gasteiger partial charge in [-0.1, -0.05) is 103 Å². The molecule has 0 aliphatic carbocycles. The zero-order chi connectivity index (χ0) is 66.1. The number of phenolic OH excluding ortho intramolecular Hbond substituents is 1. The second-order valence-corrected chi connectivity index (χ2v) is 23.3. The highest BCUT2D eigenvalue weighted by atomic mass is 16.6. The van der Waals surface area contributed by atoms with Gasteiger partial charge in [0.25, 0.3) is 0 Å². The van der Waals surface area contributed by atoms with Crippen molar-refractivity contribution >= 4 is 65.5 Å². The van der Waals surface area contributed by atoms with E-state index in [9.17, 15) is 57.8 Å². The highest BCUT2D eigenvalue weighted by Crippen LogP contribution is 2.16. The number of nitrogens with two attached hydrogens (primary N) is 1. The third-order valence-electron chi connectivity index (χ3n) is 13.1. The maximum atomic E-state index is 14.0. The molecule has 25 nitrogen and oxygen atoms in total. The molecule has 11 N–H and O–H groups in total. The molecule has 0 aliphatic heterocycles. The van der Waals surface area contributed by atoms with Crippen molar-refractivity contribution in [1.82, 2.24) is 42.5 Å². The summed E-state index contributed by atoms with van der Waals surface area (Å²) in [4.78, 5) is 145. The fraction of sp³-hybridized carbons (Fsp3) is 0.462. The molecule has 0 saturated carbocycles. The normalized spacial score (nSPS) is 12.8. The molecule has 0 aliphatic rings. The predicted octanol–water partition coefficient (Wildman–Crippen LogP) is 4.64.